The van der Waals surface area contributed by atoms with E-state index in [0.717, 1.165) is 21.1 Å². The number of benzene rings is 1. The summed E-state index contributed by atoms with van der Waals surface area (Å²) in [5.74, 6) is 1.23. The predicted octanol–water partition coefficient (Wildman–Crippen LogP) is 4.60. The molecule has 1 aliphatic heterocycles. The average molecular weight is 413 g/mol. The molecule has 0 aliphatic carbocycles. The molecule has 2 heterocycles. The molecule has 2 atom stereocenters. The van der Waals surface area contributed by atoms with E-state index < -0.39 is 6.10 Å². The molecule has 3 nitrogen and oxygen atoms in total. The maximum atomic E-state index is 10.5. The zero-order valence-corrected chi connectivity index (χ0v) is 14.5. The summed E-state index contributed by atoms with van der Waals surface area (Å²) in [5.41, 5.74) is 1.86. The van der Waals surface area contributed by atoms with Gasteiger partial charge in [-0.25, -0.2) is 0 Å². The lowest BCUT2D eigenvalue weighted by Crippen LogP contribution is -2.17. The first-order valence-electron chi connectivity index (χ1n) is 6.86. The van der Waals surface area contributed by atoms with Crippen LogP contribution in [0.2, 0.25) is 0 Å². The zero-order chi connectivity index (χ0) is 14.8. The van der Waals surface area contributed by atoms with E-state index in [9.17, 15) is 5.11 Å². The maximum absolute atomic E-state index is 10.5. The summed E-state index contributed by atoms with van der Waals surface area (Å²) in [4.78, 5) is 4.32. The van der Waals surface area contributed by atoms with Crippen molar-refractivity contribution >= 4 is 31.9 Å². The second-order valence-corrected chi connectivity index (χ2v) is 6.91. The third kappa shape index (κ3) is 3.30. The lowest BCUT2D eigenvalue weighted by Gasteiger charge is -2.27. The molecule has 1 N–H and O–H groups in total. The second kappa shape index (κ2) is 6.46. The molecule has 0 saturated carbocycles. The molecule has 3 rings (SSSR count). The van der Waals surface area contributed by atoms with Gasteiger partial charge in [-0.15, -0.1) is 0 Å². The van der Waals surface area contributed by atoms with E-state index in [1.807, 2.05) is 24.3 Å². The smallest absolute Gasteiger partial charge is 0.122 e. The molecule has 0 spiro atoms. The highest BCUT2D eigenvalue weighted by atomic mass is 79.9. The fourth-order valence-corrected chi connectivity index (χ4v) is 3.96. The molecular weight excluding hydrogens is 398 g/mol. The van der Waals surface area contributed by atoms with E-state index in [1.54, 1.807) is 6.20 Å². The highest BCUT2D eigenvalue weighted by Gasteiger charge is 2.25. The molecular formula is C16H15Br2NO2. The summed E-state index contributed by atoms with van der Waals surface area (Å²) >= 11 is 6.84. The quantitative estimate of drug-likeness (QED) is 0.801. The third-order valence-electron chi connectivity index (χ3n) is 3.74. The van der Waals surface area contributed by atoms with Crippen LogP contribution in [0.1, 0.15) is 36.1 Å². The molecule has 5 heteroatoms. The summed E-state index contributed by atoms with van der Waals surface area (Å²) in [6, 6.07) is 9.96. The van der Waals surface area contributed by atoms with E-state index >= 15 is 0 Å². The molecule has 1 aliphatic rings. The molecule has 2 aromatic rings. The van der Waals surface area contributed by atoms with Gasteiger partial charge in [-0.3, -0.25) is 4.98 Å². The van der Waals surface area contributed by atoms with Crippen molar-refractivity contribution in [3.05, 3.63) is 56.7 Å². The number of aliphatic hydroxyl groups excluding tert-OH is 1. The van der Waals surface area contributed by atoms with Gasteiger partial charge in [-0.05, 0) is 68.3 Å². The van der Waals surface area contributed by atoms with E-state index in [2.05, 4.69) is 42.9 Å². The minimum Gasteiger partial charge on any atom is -0.493 e. The fraction of sp³-hybridized carbons (Fsp3) is 0.312. The number of rotatable bonds is 3. The number of pyridine rings is 1. The van der Waals surface area contributed by atoms with E-state index in [1.165, 1.54) is 5.56 Å². The number of halogens is 2. The number of ether oxygens (including phenoxy) is 1. The topological polar surface area (TPSA) is 42.4 Å². The Balaban J connectivity index is 1.81. The van der Waals surface area contributed by atoms with Crippen LogP contribution < -0.4 is 4.74 Å². The van der Waals surface area contributed by atoms with Crippen LogP contribution >= 0.6 is 31.9 Å². The van der Waals surface area contributed by atoms with Crippen LogP contribution in [-0.4, -0.2) is 16.7 Å². The Morgan fingerprint density at radius 3 is 2.95 bits per heavy atom. The molecule has 0 fully saturated rings. The van der Waals surface area contributed by atoms with Crippen LogP contribution in [-0.2, 0) is 0 Å². The number of hydrogen-bond acceptors (Lipinski definition) is 3. The summed E-state index contributed by atoms with van der Waals surface area (Å²) in [6.45, 7) is 0.698. The van der Waals surface area contributed by atoms with Gasteiger partial charge < -0.3 is 9.84 Å². The molecule has 0 radical (unpaired) electrons. The molecule has 110 valence electrons. The fourth-order valence-electron chi connectivity index (χ4n) is 2.71. The van der Waals surface area contributed by atoms with Gasteiger partial charge in [0.1, 0.15) is 5.75 Å². The SMILES string of the molecule is OC(CC1CCOc2ccccc21)c1ncc(Br)cc1Br. The summed E-state index contributed by atoms with van der Waals surface area (Å²) < 4.78 is 7.38. The van der Waals surface area contributed by atoms with Gasteiger partial charge >= 0.3 is 0 Å². The van der Waals surface area contributed by atoms with Crippen molar-refractivity contribution < 1.29 is 9.84 Å². The number of nitrogens with zero attached hydrogens (tertiary/aromatic N) is 1. The van der Waals surface area contributed by atoms with E-state index in [-0.39, 0.29) is 0 Å². The van der Waals surface area contributed by atoms with E-state index in [0.29, 0.717) is 24.6 Å². The van der Waals surface area contributed by atoms with Crippen LogP contribution in [0, 0.1) is 0 Å². The van der Waals surface area contributed by atoms with Crippen molar-refractivity contribution in [2.45, 2.75) is 24.9 Å². The van der Waals surface area contributed by atoms with Gasteiger partial charge in [0.25, 0.3) is 0 Å². The second-order valence-electron chi connectivity index (χ2n) is 5.14. The van der Waals surface area contributed by atoms with Crippen molar-refractivity contribution in [1.29, 1.82) is 0 Å². The van der Waals surface area contributed by atoms with Crippen molar-refractivity contribution in [1.82, 2.24) is 4.98 Å². The predicted molar refractivity (Wildman–Crippen MR) is 88.5 cm³/mol. The largest absolute Gasteiger partial charge is 0.493 e. The number of para-hydroxylation sites is 1. The monoisotopic (exact) mass is 411 g/mol. The Morgan fingerprint density at radius 1 is 1.33 bits per heavy atom. The molecule has 0 amide bonds. The maximum Gasteiger partial charge on any atom is 0.122 e. The molecule has 1 aromatic carbocycles. The number of fused-ring (bicyclic) bond motifs is 1. The van der Waals surface area contributed by atoms with Crippen LogP contribution in [0.5, 0.6) is 5.75 Å². The summed E-state index contributed by atoms with van der Waals surface area (Å²) in [5, 5.41) is 10.5. The van der Waals surface area contributed by atoms with Gasteiger partial charge in [0, 0.05) is 15.1 Å². The summed E-state index contributed by atoms with van der Waals surface area (Å²) in [7, 11) is 0. The minimum absolute atomic E-state index is 0.294. The number of aromatic nitrogens is 1. The molecule has 0 bridgehead atoms. The van der Waals surface area contributed by atoms with Crippen molar-refractivity contribution in [2.75, 3.05) is 6.61 Å². The first-order valence-corrected chi connectivity index (χ1v) is 8.44. The Bertz CT molecular complexity index is 648. The first kappa shape index (κ1) is 15.0. The molecule has 0 saturated heterocycles. The molecule has 2 unspecified atom stereocenters. The Hall–Kier alpha value is -0.910. The number of hydrogen-bond donors (Lipinski definition) is 1. The Labute approximate surface area is 140 Å². The van der Waals surface area contributed by atoms with Crippen molar-refractivity contribution in [3.63, 3.8) is 0 Å². The minimum atomic E-state index is -0.594. The highest BCUT2D eigenvalue weighted by Crippen LogP contribution is 2.39. The molecule has 1 aromatic heterocycles. The third-order valence-corrected chi connectivity index (χ3v) is 4.81. The van der Waals surface area contributed by atoms with Crippen molar-refractivity contribution in [2.24, 2.45) is 0 Å². The van der Waals surface area contributed by atoms with E-state index in [4.69, 9.17) is 4.74 Å². The van der Waals surface area contributed by atoms with Crippen LogP contribution in [0.4, 0.5) is 0 Å². The standard InChI is InChI=1S/C16H15Br2NO2/c17-11-8-13(18)16(19-9-11)14(20)7-10-5-6-21-15-4-2-1-3-12(10)15/h1-4,8-10,14,20H,5-7H2. The lowest BCUT2D eigenvalue weighted by atomic mass is 9.87. The average Bonchev–Trinajstić information content (AvgIpc) is 2.47. The van der Waals surface area contributed by atoms with Crippen LogP contribution in [0.25, 0.3) is 0 Å². The normalized spacial score (nSPS) is 18.7. The summed E-state index contributed by atoms with van der Waals surface area (Å²) in [6.07, 6.45) is 2.68. The number of aliphatic hydroxyl groups is 1. The van der Waals surface area contributed by atoms with Crippen LogP contribution in [0.15, 0.2) is 45.5 Å². The van der Waals surface area contributed by atoms with Gasteiger partial charge in [-0.1, -0.05) is 18.2 Å². The molecule has 21 heavy (non-hydrogen) atoms. The van der Waals surface area contributed by atoms with Gasteiger partial charge in [-0.2, -0.15) is 0 Å². The van der Waals surface area contributed by atoms with Crippen molar-refractivity contribution in [3.8, 4) is 5.75 Å². The highest BCUT2D eigenvalue weighted by molar-refractivity contribution is 9.11. The lowest BCUT2D eigenvalue weighted by molar-refractivity contribution is 0.140. The first-order chi connectivity index (χ1) is 10.1. The van der Waals surface area contributed by atoms with Gasteiger partial charge in [0.2, 0.25) is 0 Å². The van der Waals surface area contributed by atoms with Gasteiger partial charge in [0.15, 0.2) is 0 Å². The Kier molecular flexibility index (Phi) is 4.62. The van der Waals surface area contributed by atoms with Crippen LogP contribution in [0.3, 0.4) is 0 Å². The zero-order valence-electron chi connectivity index (χ0n) is 11.3. The van der Waals surface area contributed by atoms with Gasteiger partial charge in [0.05, 0.1) is 18.4 Å². The Morgan fingerprint density at radius 2 is 2.14 bits per heavy atom.